The van der Waals surface area contributed by atoms with Crippen LogP contribution in [0.2, 0.25) is 0 Å². The third-order valence-electron chi connectivity index (χ3n) is 6.06. The molecule has 0 aliphatic heterocycles. The summed E-state index contributed by atoms with van der Waals surface area (Å²) in [6.45, 7) is 7.40. The number of para-hydroxylation sites is 1. The van der Waals surface area contributed by atoms with Crippen LogP contribution in [0.1, 0.15) is 59.3 Å². The second-order valence-electron chi connectivity index (χ2n) is 7.89. The van der Waals surface area contributed by atoms with Gasteiger partial charge in [-0.2, -0.15) is 4.98 Å². The predicted octanol–water partition coefficient (Wildman–Crippen LogP) is 5.92. The van der Waals surface area contributed by atoms with Crippen molar-refractivity contribution in [1.29, 1.82) is 0 Å². The van der Waals surface area contributed by atoms with Gasteiger partial charge in [0.25, 0.3) is 5.56 Å². The lowest BCUT2D eigenvalue weighted by atomic mass is 9.77. The Bertz CT molecular complexity index is 977. The van der Waals surface area contributed by atoms with Gasteiger partial charge in [-0.1, -0.05) is 58.2 Å². The zero-order chi connectivity index (χ0) is 20.7. The van der Waals surface area contributed by atoms with Crippen molar-refractivity contribution < 1.29 is 0 Å². The van der Waals surface area contributed by atoms with Crippen molar-refractivity contribution in [2.45, 2.75) is 65.8 Å². The van der Waals surface area contributed by atoms with Gasteiger partial charge in [-0.05, 0) is 42.9 Å². The molecule has 0 bridgehead atoms. The Balaban J connectivity index is 1.98. The normalized spacial score (nSPS) is 11.7. The molecule has 1 N–H and O–H groups in total. The first-order valence-corrected chi connectivity index (χ1v) is 10.8. The van der Waals surface area contributed by atoms with Crippen LogP contribution in [-0.4, -0.2) is 14.5 Å². The Kier molecular flexibility index (Phi) is 7.02. The van der Waals surface area contributed by atoms with Crippen molar-refractivity contribution in [3.05, 3.63) is 59.0 Å². The number of rotatable bonds is 10. The molecule has 3 aromatic rings. The number of hydrogen-bond donors (Lipinski definition) is 1. The predicted molar refractivity (Wildman–Crippen MR) is 121 cm³/mol. The summed E-state index contributed by atoms with van der Waals surface area (Å²) in [5.41, 5.74) is 1.75. The van der Waals surface area contributed by atoms with Crippen molar-refractivity contribution in [2.75, 3.05) is 5.32 Å². The number of nitrogens with one attached hydrogen (secondary N) is 1. The van der Waals surface area contributed by atoms with Crippen LogP contribution in [0.15, 0.2) is 53.5 Å². The van der Waals surface area contributed by atoms with Crippen molar-refractivity contribution in [3.8, 4) is 0 Å². The molecule has 0 radical (unpaired) electrons. The summed E-state index contributed by atoms with van der Waals surface area (Å²) in [6.07, 6.45) is 8.68. The van der Waals surface area contributed by atoms with Crippen LogP contribution < -0.4 is 10.9 Å². The van der Waals surface area contributed by atoms with Crippen molar-refractivity contribution >= 4 is 22.7 Å². The van der Waals surface area contributed by atoms with E-state index in [1.54, 1.807) is 12.3 Å². The molecule has 3 rings (SSSR count). The highest BCUT2D eigenvalue weighted by Crippen LogP contribution is 2.35. The fraction of sp³-hybridized carbons (Fsp3) is 0.458. The molecule has 0 saturated heterocycles. The van der Waals surface area contributed by atoms with Crippen molar-refractivity contribution in [1.82, 2.24) is 14.5 Å². The molecule has 29 heavy (non-hydrogen) atoms. The van der Waals surface area contributed by atoms with Gasteiger partial charge in [-0.3, -0.25) is 9.36 Å². The van der Waals surface area contributed by atoms with E-state index in [4.69, 9.17) is 4.98 Å². The van der Waals surface area contributed by atoms with E-state index in [1.165, 1.54) is 19.3 Å². The molecule has 0 aliphatic carbocycles. The SMILES string of the molecule is CCCCCC(CC)(CC)Cn1c(=O)ccc2cnc(Nc3ccccc3)nc21. The van der Waals surface area contributed by atoms with E-state index in [1.807, 2.05) is 41.0 Å². The summed E-state index contributed by atoms with van der Waals surface area (Å²) >= 11 is 0. The van der Waals surface area contributed by atoms with Gasteiger partial charge in [0.1, 0.15) is 5.65 Å². The lowest BCUT2D eigenvalue weighted by Gasteiger charge is -2.33. The Morgan fingerprint density at radius 2 is 1.76 bits per heavy atom. The van der Waals surface area contributed by atoms with E-state index >= 15 is 0 Å². The standard InChI is InChI=1S/C24H32N4O/c1-4-7-11-16-24(5-2,6-3)18-28-21(29)15-14-19-17-25-23(27-22(19)28)26-20-12-9-8-10-13-20/h8-10,12-15,17H,4-7,11,16,18H2,1-3H3,(H,25,26,27). The summed E-state index contributed by atoms with van der Waals surface area (Å²) in [5.74, 6) is 0.507. The Morgan fingerprint density at radius 1 is 1.00 bits per heavy atom. The maximum absolute atomic E-state index is 12.8. The molecule has 0 fully saturated rings. The molecule has 2 aromatic heterocycles. The fourth-order valence-electron chi connectivity index (χ4n) is 3.93. The fourth-order valence-corrected chi connectivity index (χ4v) is 3.93. The first-order chi connectivity index (χ1) is 14.1. The average Bonchev–Trinajstić information content (AvgIpc) is 2.76. The van der Waals surface area contributed by atoms with Crippen LogP contribution in [0, 0.1) is 5.41 Å². The van der Waals surface area contributed by atoms with E-state index < -0.39 is 0 Å². The maximum Gasteiger partial charge on any atom is 0.252 e. The van der Waals surface area contributed by atoms with E-state index in [0.29, 0.717) is 18.1 Å². The smallest absolute Gasteiger partial charge is 0.252 e. The van der Waals surface area contributed by atoms with Gasteiger partial charge in [0.15, 0.2) is 0 Å². The van der Waals surface area contributed by atoms with E-state index in [0.717, 1.165) is 30.3 Å². The molecule has 0 spiro atoms. The van der Waals surface area contributed by atoms with Crippen LogP contribution >= 0.6 is 0 Å². The molecular weight excluding hydrogens is 360 g/mol. The molecule has 0 aliphatic rings. The first-order valence-electron chi connectivity index (χ1n) is 10.8. The second-order valence-corrected chi connectivity index (χ2v) is 7.89. The van der Waals surface area contributed by atoms with Gasteiger partial charge in [-0.25, -0.2) is 4.98 Å². The van der Waals surface area contributed by atoms with Gasteiger partial charge in [0.2, 0.25) is 5.95 Å². The van der Waals surface area contributed by atoms with Gasteiger partial charge < -0.3 is 5.32 Å². The maximum atomic E-state index is 12.8. The minimum atomic E-state index is 0.00336. The Morgan fingerprint density at radius 3 is 2.45 bits per heavy atom. The van der Waals surface area contributed by atoms with E-state index in [9.17, 15) is 4.79 Å². The Labute approximate surface area is 173 Å². The highest BCUT2D eigenvalue weighted by Gasteiger charge is 2.27. The minimum Gasteiger partial charge on any atom is -0.324 e. The lowest BCUT2D eigenvalue weighted by molar-refractivity contribution is 0.192. The zero-order valence-corrected chi connectivity index (χ0v) is 17.8. The van der Waals surface area contributed by atoms with Crippen molar-refractivity contribution in [2.24, 2.45) is 5.41 Å². The molecule has 0 saturated carbocycles. The summed E-state index contributed by atoms with van der Waals surface area (Å²) in [4.78, 5) is 22.0. The summed E-state index contributed by atoms with van der Waals surface area (Å²) in [5, 5.41) is 4.12. The van der Waals surface area contributed by atoms with Gasteiger partial charge >= 0.3 is 0 Å². The number of anilines is 2. The number of unbranched alkanes of at least 4 members (excludes halogenated alkanes) is 2. The highest BCUT2D eigenvalue weighted by molar-refractivity contribution is 5.75. The molecule has 5 heteroatoms. The highest BCUT2D eigenvalue weighted by atomic mass is 16.1. The Hall–Kier alpha value is -2.69. The van der Waals surface area contributed by atoms with Crippen LogP contribution in [-0.2, 0) is 6.54 Å². The molecule has 2 heterocycles. The molecule has 1 aromatic carbocycles. The molecule has 5 nitrogen and oxygen atoms in total. The van der Waals surface area contributed by atoms with Gasteiger partial charge in [0, 0.05) is 29.9 Å². The molecule has 0 unspecified atom stereocenters. The third kappa shape index (κ3) is 5.03. The number of nitrogens with zero attached hydrogens (tertiary/aromatic N) is 3. The molecule has 0 atom stereocenters. The number of benzene rings is 1. The third-order valence-corrected chi connectivity index (χ3v) is 6.06. The molecular formula is C24H32N4O. The quantitative estimate of drug-likeness (QED) is 0.435. The van der Waals surface area contributed by atoms with Crippen LogP contribution in [0.3, 0.4) is 0 Å². The monoisotopic (exact) mass is 392 g/mol. The number of aromatic nitrogens is 3. The van der Waals surface area contributed by atoms with E-state index in [2.05, 4.69) is 31.1 Å². The summed E-state index contributed by atoms with van der Waals surface area (Å²) in [6, 6.07) is 13.3. The average molecular weight is 393 g/mol. The largest absolute Gasteiger partial charge is 0.324 e. The number of fused-ring (bicyclic) bond motifs is 1. The lowest BCUT2D eigenvalue weighted by Crippen LogP contribution is -2.32. The van der Waals surface area contributed by atoms with Gasteiger partial charge in [0.05, 0.1) is 0 Å². The summed E-state index contributed by atoms with van der Waals surface area (Å²) < 4.78 is 1.85. The van der Waals surface area contributed by atoms with E-state index in [-0.39, 0.29) is 11.0 Å². The van der Waals surface area contributed by atoms with Crippen molar-refractivity contribution in [3.63, 3.8) is 0 Å². The number of pyridine rings is 1. The van der Waals surface area contributed by atoms with Crippen LogP contribution in [0.25, 0.3) is 11.0 Å². The molecule has 0 amide bonds. The molecule has 154 valence electrons. The zero-order valence-electron chi connectivity index (χ0n) is 17.8. The minimum absolute atomic E-state index is 0.00336. The summed E-state index contributed by atoms with van der Waals surface area (Å²) in [7, 11) is 0. The van der Waals surface area contributed by atoms with Crippen LogP contribution in [0.4, 0.5) is 11.6 Å². The van der Waals surface area contributed by atoms with Gasteiger partial charge in [-0.15, -0.1) is 0 Å². The van der Waals surface area contributed by atoms with Crippen LogP contribution in [0.5, 0.6) is 0 Å². The second kappa shape index (κ2) is 9.68. The number of hydrogen-bond acceptors (Lipinski definition) is 4. The topological polar surface area (TPSA) is 59.8 Å². The first kappa shape index (κ1) is 21.0.